The molecule has 1 aromatic heterocycles. The number of nitrogens with zero attached hydrogens (tertiary/aromatic N) is 1. The molecule has 3 rings (SSSR count). The average Bonchev–Trinajstić information content (AvgIpc) is 1.63. The summed E-state index contributed by atoms with van der Waals surface area (Å²) in [6.07, 6.45) is -3.97. The molecule has 572 valence electrons. The number of benzene rings is 2. The first-order valence-corrected chi connectivity index (χ1v) is 32.8. The van der Waals surface area contributed by atoms with Crippen LogP contribution in [-0.4, -0.2) is 236 Å². The molecule has 0 bridgehead atoms. The molecule has 0 unspecified atom stereocenters. The van der Waals surface area contributed by atoms with Gasteiger partial charge in [0.1, 0.15) is 60.1 Å². The summed E-state index contributed by atoms with van der Waals surface area (Å²) in [4.78, 5) is 217. The molecule has 0 aliphatic rings. The van der Waals surface area contributed by atoms with Crippen molar-refractivity contribution < 1.29 is 107 Å². The largest absolute Gasteiger partial charge is 0.508 e. The van der Waals surface area contributed by atoms with E-state index in [0.717, 1.165) is 6.92 Å². The Kier molecular flexibility index (Phi) is 36.1. The number of guanidine groups is 1. The number of hydrogen-bond donors (Lipinski definition) is 23. The van der Waals surface area contributed by atoms with Crippen molar-refractivity contribution in [3.05, 3.63) is 65.9 Å². The average molecular weight is 1470 g/mol. The van der Waals surface area contributed by atoms with Crippen LogP contribution in [0.3, 0.4) is 0 Å². The number of rotatable bonds is 46. The van der Waals surface area contributed by atoms with Crippen LogP contribution in [0.5, 0.6) is 5.75 Å². The molecule has 40 nitrogen and oxygen atoms in total. The number of primary amides is 1. The van der Waals surface area contributed by atoms with Crippen LogP contribution in [-0.2, 0) is 89.6 Å². The van der Waals surface area contributed by atoms with E-state index in [2.05, 4.69) is 68.5 Å². The summed E-state index contributed by atoms with van der Waals surface area (Å²) < 4.78 is 0. The number of carboxylic acids is 3. The van der Waals surface area contributed by atoms with Crippen LogP contribution in [0.2, 0.25) is 0 Å². The van der Waals surface area contributed by atoms with E-state index in [1.165, 1.54) is 24.3 Å². The first-order valence-electron chi connectivity index (χ1n) is 32.8. The Balaban J connectivity index is 1.81. The van der Waals surface area contributed by atoms with Gasteiger partial charge in [0.15, 0.2) is 5.96 Å². The summed E-state index contributed by atoms with van der Waals surface area (Å²) in [7, 11) is 0. The minimum Gasteiger partial charge on any atom is -0.508 e. The number of aliphatic imine (C=N–C) groups is 1. The molecule has 27 N–H and O–H groups in total. The minimum absolute atomic E-state index is 0.0376. The number of carboxylic acid groups (broad SMARTS) is 3. The second kappa shape index (κ2) is 43.3. The summed E-state index contributed by atoms with van der Waals surface area (Å²) in [6, 6.07) is -4.53. The van der Waals surface area contributed by atoms with Crippen LogP contribution in [0.25, 0.3) is 10.9 Å². The van der Waals surface area contributed by atoms with Gasteiger partial charge in [-0.05, 0) is 73.8 Å². The maximum atomic E-state index is 14.2. The van der Waals surface area contributed by atoms with Gasteiger partial charge in [0.05, 0.1) is 51.2 Å². The van der Waals surface area contributed by atoms with Crippen molar-refractivity contribution in [3.8, 4) is 5.75 Å². The summed E-state index contributed by atoms with van der Waals surface area (Å²) in [5, 5.41) is 87.5. The Bertz CT molecular complexity index is 3560. The van der Waals surface area contributed by atoms with E-state index < -0.39 is 225 Å². The summed E-state index contributed by atoms with van der Waals surface area (Å²) in [5.74, 6) is -20.3. The third-order valence-electron chi connectivity index (χ3n) is 15.7. The summed E-state index contributed by atoms with van der Waals surface area (Å²) >= 11 is 0. The van der Waals surface area contributed by atoms with Crippen molar-refractivity contribution >= 4 is 112 Å². The topological polar surface area (TPSA) is 671 Å². The maximum absolute atomic E-state index is 14.2. The highest BCUT2D eigenvalue weighted by Gasteiger charge is 2.38. The molecule has 0 aliphatic heterocycles. The van der Waals surface area contributed by atoms with E-state index in [0.29, 0.717) is 22.9 Å². The number of carbonyl (C=O) groups is 16. The number of phenols is 1. The first kappa shape index (κ1) is 86.7. The second-order valence-electron chi connectivity index (χ2n) is 24.7. The van der Waals surface area contributed by atoms with E-state index in [-0.39, 0.29) is 55.4 Å². The molecule has 13 amide bonds. The van der Waals surface area contributed by atoms with Gasteiger partial charge in [-0.25, -0.2) is 4.79 Å². The number of aliphatic hydroxyl groups excluding tert-OH is 2. The normalized spacial score (nSPS) is 14.5. The van der Waals surface area contributed by atoms with Gasteiger partial charge in [0.25, 0.3) is 0 Å². The number of aliphatic hydroxyl groups is 2. The molecule has 1 heterocycles. The maximum Gasteiger partial charge on any atom is 0.326 e. The molecule has 0 saturated heterocycles. The van der Waals surface area contributed by atoms with Crippen LogP contribution >= 0.6 is 0 Å². The van der Waals surface area contributed by atoms with Gasteiger partial charge < -0.3 is 122 Å². The lowest BCUT2D eigenvalue weighted by Gasteiger charge is -2.28. The number of nitrogens with one attached hydrogen (secondary N) is 13. The minimum atomic E-state index is -2.10. The molecule has 0 radical (unpaired) electrons. The van der Waals surface area contributed by atoms with E-state index >= 15 is 0 Å². The van der Waals surface area contributed by atoms with Crippen LogP contribution in [0.4, 0.5) is 0 Å². The Hall–Kier alpha value is -11.5. The molecule has 2 aromatic carbocycles. The number of aliphatic carboxylic acids is 3. The number of hydrogen-bond acceptors (Lipinski definition) is 21. The van der Waals surface area contributed by atoms with E-state index in [1.807, 2.05) is 12.2 Å². The summed E-state index contributed by atoms with van der Waals surface area (Å²) in [6.45, 7) is 4.13. The predicted octanol–water partition coefficient (Wildman–Crippen LogP) is -7.48. The molecule has 3 aromatic rings. The fraction of sp³-hybridized carbons (Fsp3) is 0.516. The molecule has 0 saturated carbocycles. The van der Waals surface area contributed by atoms with Crippen molar-refractivity contribution in [2.75, 3.05) is 32.8 Å². The smallest absolute Gasteiger partial charge is 0.326 e. The molecular weight excluding hydrogens is 1370 g/mol. The lowest BCUT2D eigenvalue weighted by Crippen LogP contribution is -2.62. The number of aromatic nitrogens is 1. The number of H-pyrrole nitrogens is 1. The lowest BCUT2D eigenvalue weighted by atomic mass is 9.98. The number of nitrogens with two attached hydrogens (primary N) is 4. The first-order chi connectivity index (χ1) is 48.9. The van der Waals surface area contributed by atoms with Gasteiger partial charge in [0.2, 0.25) is 76.8 Å². The fourth-order valence-corrected chi connectivity index (χ4v) is 9.89. The molecule has 0 aliphatic carbocycles. The van der Waals surface area contributed by atoms with Gasteiger partial charge >= 0.3 is 17.9 Å². The molecule has 40 heteroatoms. The van der Waals surface area contributed by atoms with Crippen LogP contribution < -0.4 is 86.7 Å². The highest BCUT2D eigenvalue weighted by atomic mass is 16.4. The number of para-hydroxylation sites is 1. The number of aromatic amines is 1. The monoisotopic (exact) mass is 1470 g/mol. The highest BCUT2D eigenvalue weighted by Crippen LogP contribution is 2.20. The third-order valence-corrected chi connectivity index (χ3v) is 15.7. The van der Waals surface area contributed by atoms with Gasteiger partial charge in [-0.15, -0.1) is 0 Å². The molecular formula is C64H94N18O22. The van der Waals surface area contributed by atoms with Crippen molar-refractivity contribution in [1.82, 2.24) is 68.8 Å². The highest BCUT2D eigenvalue weighted by molar-refractivity contribution is 6.00. The Morgan fingerprint density at radius 1 is 0.529 bits per heavy atom. The zero-order valence-corrected chi connectivity index (χ0v) is 57.8. The van der Waals surface area contributed by atoms with E-state index in [4.69, 9.17) is 28.0 Å². The van der Waals surface area contributed by atoms with E-state index in [9.17, 15) is 102 Å². The molecule has 0 fully saturated rings. The Labute approximate surface area is 595 Å². The van der Waals surface area contributed by atoms with Crippen molar-refractivity contribution in [3.63, 3.8) is 0 Å². The van der Waals surface area contributed by atoms with Gasteiger partial charge in [0, 0.05) is 42.9 Å². The van der Waals surface area contributed by atoms with E-state index in [1.54, 1.807) is 51.2 Å². The molecule has 12 atom stereocenters. The third kappa shape index (κ3) is 30.7. The fourth-order valence-electron chi connectivity index (χ4n) is 9.89. The number of carbonyl (C=O) groups excluding carboxylic acids is 13. The van der Waals surface area contributed by atoms with Gasteiger partial charge in [-0.3, -0.25) is 76.9 Å². The molecule has 104 heavy (non-hydrogen) atoms. The second-order valence-corrected chi connectivity index (χ2v) is 24.7. The van der Waals surface area contributed by atoms with Crippen LogP contribution in [0, 0.1) is 11.8 Å². The predicted molar refractivity (Wildman–Crippen MR) is 366 cm³/mol. The molecule has 0 spiro atoms. The standard InChI is InChI=1S/C64H94N18O22/c1-6-31(4)52(66)61(101)80-42(22-34-25-70-37-11-8-7-10-36(34)37)58(98)81-45(29-83)60(100)77-40(20-30(2)3)57(97)79-43(23-50(90)91)59(99)82-53(32(5)84)62(102)76-39(17-18-46(65)86)56(96)78-41(21-33-13-15-35(85)16-14-33)55(95)72-26-47(87)71-27-48(88)74-38(12-9-19-69-64(67)68)54(94)73-28-49(89)75-44(63(103)104)24-51(92)93/h7-8,10-11,13-16,25,30-32,38-45,52-53,70,83-85H,6,9,12,17-24,26-29,66H2,1-5H3,(H2,65,86)(H,71,87)(H,72,95)(H,73,94)(H,74,88)(H,75,89)(H,76,102)(H,77,100)(H,78,96)(H,79,97)(H,80,101)(H,81,98)(H,82,99)(H,90,91)(H,92,93)(H,103,104)(H4,67,68,69)/t31-,32+,38-,39-,40-,41-,42-,43-,44-,45-,52-,53-/m0/s1. The number of aromatic hydroxyl groups is 1. The zero-order chi connectivity index (χ0) is 78.1. The van der Waals surface area contributed by atoms with Gasteiger partial charge in [-0.1, -0.05) is 64.4 Å². The van der Waals surface area contributed by atoms with Crippen molar-refractivity contribution in [2.45, 2.75) is 165 Å². The Morgan fingerprint density at radius 2 is 1.02 bits per heavy atom. The van der Waals surface area contributed by atoms with Gasteiger partial charge in [-0.2, -0.15) is 0 Å². The van der Waals surface area contributed by atoms with Crippen molar-refractivity contribution in [2.24, 2.45) is 39.8 Å². The lowest BCUT2D eigenvalue weighted by molar-refractivity contribution is -0.147. The van der Waals surface area contributed by atoms with Crippen LogP contribution in [0.15, 0.2) is 59.7 Å². The van der Waals surface area contributed by atoms with Crippen LogP contribution in [0.1, 0.15) is 97.1 Å². The quantitative estimate of drug-likeness (QED) is 0.0142. The van der Waals surface area contributed by atoms with Crippen molar-refractivity contribution in [1.29, 1.82) is 0 Å². The number of amides is 13. The Morgan fingerprint density at radius 3 is 1.60 bits per heavy atom. The zero-order valence-electron chi connectivity index (χ0n) is 57.8. The SMILES string of the molecule is CC[C@H](C)[C@H](N)C(=O)N[C@@H](Cc1c[nH]c2ccccc12)C(=O)N[C@@H](CO)C(=O)N[C@@H](CC(C)C)C(=O)N[C@@H](CC(=O)O)C(=O)N[C@H](C(=O)N[C@@H](CCC(N)=O)C(=O)N[C@@H](Cc1ccc(O)cc1)C(=O)NCC(=O)NCC(=O)N[C@@H](CCCN=C(N)N)C(=O)NCC(=O)N[C@@H](CC(=O)O)C(=O)O)[C@@H](C)O. The number of fused-ring (bicyclic) bond motifs is 1. The summed E-state index contributed by atoms with van der Waals surface area (Å²) in [5.41, 5.74) is 23.9. The number of phenolic OH excluding ortho intramolecular Hbond substituents is 1.